The van der Waals surface area contributed by atoms with E-state index in [1.54, 1.807) is 6.07 Å². The van der Waals surface area contributed by atoms with E-state index >= 15 is 0 Å². The smallest absolute Gasteiger partial charge is 0.244 e. The molecule has 1 saturated carbocycles. The summed E-state index contributed by atoms with van der Waals surface area (Å²) in [5.41, 5.74) is 6.33. The van der Waals surface area contributed by atoms with Crippen LogP contribution in [0.25, 0.3) is 0 Å². The molecule has 2 aliphatic rings. The molecule has 1 aromatic rings. The number of amides is 2. The molecular formula is C16H21BrClN3O2. The van der Waals surface area contributed by atoms with E-state index in [0.717, 1.165) is 36.8 Å². The van der Waals surface area contributed by atoms with E-state index in [-0.39, 0.29) is 29.6 Å². The number of piperidine rings is 1. The number of carbonyl (C=O) groups is 2. The summed E-state index contributed by atoms with van der Waals surface area (Å²) in [7, 11) is 0. The fraction of sp³-hybridized carbons (Fsp3) is 0.500. The largest absolute Gasteiger partial charge is 0.368 e. The Morgan fingerprint density at radius 2 is 2.04 bits per heavy atom. The number of nitrogens with one attached hydrogen (secondary N) is 2. The van der Waals surface area contributed by atoms with E-state index in [1.165, 1.54) is 0 Å². The lowest BCUT2D eigenvalue weighted by atomic mass is 9.91. The minimum absolute atomic E-state index is 0. The van der Waals surface area contributed by atoms with Crippen LogP contribution in [0, 0.1) is 11.3 Å². The molecule has 7 heteroatoms. The summed E-state index contributed by atoms with van der Waals surface area (Å²) in [6.45, 7) is 1.93. The zero-order valence-corrected chi connectivity index (χ0v) is 15.1. The van der Waals surface area contributed by atoms with Gasteiger partial charge in [0.25, 0.3) is 0 Å². The third-order valence-electron chi connectivity index (χ3n) is 4.86. The van der Waals surface area contributed by atoms with Gasteiger partial charge in [0, 0.05) is 10.4 Å². The average Bonchev–Trinajstić information content (AvgIpc) is 3.18. The van der Waals surface area contributed by atoms with Crippen LogP contribution in [0.1, 0.15) is 30.9 Å². The van der Waals surface area contributed by atoms with E-state index in [9.17, 15) is 9.59 Å². The first kappa shape index (κ1) is 18.2. The highest BCUT2D eigenvalue weighted by atomic mass is 79.9. The van der Waals surface area contributed by atoms with E-state index in [0.29, 0.717) is 5.56 Å². The van der Waals surface area contributed by atoms with Gasteiger partial charge in [-0.3, -0.25) is 9.59 Å². The summed E-state index contributed by atoms with van der Waals surface area (Å²) in [6, 6.07) is 6.53. The molecule has 0 radical (unpaired) electrons. The minimum atomic E-state index is -0.774. The Balaban J connectivity index is 0.00000192. The van der Waals surface area contributed by atoms with Gasteiger partial charge in [-0.1, -0.05) is 28.1 Å². The first-order chi connectivity index (χ1) is 10.5. The molecule has 1 heterocycles. The van der Waals surface area contributed by atoms with Crippen molar-refractivity contribution in [3.8, 4) is 0 Å². The molecule has 23 heavy (non-hydrogen) atoms. The van der Waals surface area contributed by atoms with Crippen molar-refractivity contribution in [2.24, 2.45) is 17.1 Å². The molecule has 2 fully saturated rings. The Morgan fingerprint density at radius 3 is 2.65 bits per heavy atom. The number of primary amides is 1. The van der Waals surface area contributed by atoms with Crippen LogP contribution in [0.15, 0.2) is 28.7 Å². The van der Waals surface area contributed by atoms with Crippen molar-refractivity contribution in [2.75, 3.05) is 13.1 Å². The van der Waals surface area contributed by atoms with E-state index in [4.69, 9.17) is 5.73 Å². The van der Waals surface area contributed by atoms with Gasteiger partial charge in [0.1, 0.15) is 6.04 Å². The highest BCUT2D eigenvalue weighted by Gasteiger charge is 2.57. The average molecular weight is 403 g/mol. The number of halogens is 2. The molecule has 1 spiro atoms. The fourth-order valence-corrected chi connectivity index (χ4v) is 3.86. The molecule has 2 amide bonds. The van der Waals surface area contributed by atoms with Crippen molar-refractivity contribution in [2.45, 2.75) is 25.3 Å². The van der Waals surface area contributed by atoms with Gasteiger partial charge in [-0.15, -0.1) is 12.4 Å². The molecule has 126 valence electrons. The topological polar surface area (TPSA) is 84.2 Å². The third kappa shape index (κ3) is 3.87. The predicted octanol–water partition coefficient (Wildman–Crippen LogP) is 1.90. The lowest BCUT2D eigenvalue weighted by Gasteiger charge is -2.24. The van der Waals surface area contributed by atoms with Crippen LogP contribution < -0.4 is 16.4 Å². The highest BCUT2D eigenvalue weighted by molar-refractivity contribution is 9.10. The predicted molar refractivity (Wildman–Crippen MR) is 94.1 cm³/mol. The standard InChI is InChI=1S/C16H20BrN3O2.ClH/c17-11-3-1-2-10(8-11)13(14(18)21)20-15(22)12-9-16(12)4-6-19-7-5-16;/h1-3,8,12-13,19H,4-7,9H2,(H2,18,21)(H,20,22);1H. The number of hydrogen-bond acceptors (Lipinski definition) is 3. The maximum atomic E-state index is 12.5. The highest BCUT2D eigenvalue weighted by Crippen LogP contribution is 2.58. The maximum absolute atomic E-state index is 12.5. The summed E-state index contributed by atoms with van der Waals surface area (Å²) in [4.78, 5) is 24.2. The molecule has 0 aromatic heterocycles. The molecule has 1 aromatic carbocycles. The molecule has 1 aliphatic carbocycles. The van der Waals surface area contributed by atoms with Crippen molar-refractivity contribution in [3.05, 3.63) is 34.3 Å². The third-order valence-corrected chi connectivity index (χ3v) is 5.35. The molecule has 0 bridgehead atoms. The molecular weight excluding hydrogens is 382 g/mol. The molecule has 3 rings (SSSR count). The van der Waals surface area contributed by atoms with Crippen molar-refractivity contribution in [3.63, 3.8) is 0 Å². The molecule has 5 nitrogen and oxygen atoms in total. The number of carbonyl (C=O) groups excluding carboxylic acids is 2. The van der Waals surface area contributed by atoms with Gasteiger partial charge in [0.2, 0.25) is 11.8 Å². The van der Waals surface area contributed by atoms with Crippen molar-refractivity contribution < 1.29 is 9.59 Å². The summed E-state index contributed by atoms with van der Waals surface area (Å²) in [5.74, 6) is -0.569. The molecule has 2 atom stereocenters. The maximum Gasteiger partial charge on any atom is 0.244 e. The first-order valence-corrected chi connectivity index (χ1v) is 8.37. The summed E-state index contributed by atoms with van der Waals surface area (Å²) in [6.07, 6.45) is 2.98. The van der Waals surface area contributed by atoms with Crippen molar-refractivity contribution in [1.29, 1.82) is 0 Å². The second kappa shape index (κ2) is 7.20. The first-order valence-electron chi connectivity index (χ1n) is 7.58. The Kier molecular flexibility index (Phi) is 5.70. The van der Waals surface area contributed by atoms with Crippen LogP contribution in [-0.4, -0.2) is 24.9 Å². The monoisotopic (exact) mass is 401 g/mol. The van der Waals surface area contributed by atoms with E-state index in [1.807, 2.05) is 18.2 Å². The van der Waals surface area contributed by atoms with Crippen LogP contribution in [0.4, 0.5) is 0 Å². The summed E-state index contributed by atoms with van der Waals surface area (Å²) in [5, 5.41) is 6.16. The second-order valence-electron chi connectivity index (χ2n) is 6.27. The van der Waals surface area contributed by atoms with Gasteiger partial charge in [-0.05, 0) is 55.5 Å². The minimum Gasteiger partial charge on any atom is -0.368 e. The van der Waals surface area contributed by atoms with Crippen LogP contribution in [-0.2, 0) is 9.59 Å². The number of benzene rings is 1. The molecule has 4 N–H and O–H groups in total. The Hall–Kier alpha value is -1.11. The van der Waals surface area contributed by atoms with E-state index < -0.39 is 11.9 Å². The summed E-state index contributed by atoms with van der Waals surface area (Å²) < 4.78 is 0.853. The van der Waals surface area contributed by atoms with Crippen LogP contribution in [0.2, 0.25) is 0 Å². The van der Waals surface area contributed by atoms with Gasteiger partial charge in [-0.25, -0.2) is 0 Å². The lowest BCUT2D eigenvalue weighted by Crippen LogP contribution is -2.40. The second-order valence-corrected chi connectivity index (χ2v) is 7.18. The fourth-order valence-electron chi connectivity index (χ4n) is 3.44. The van der Waals surface area contributed by atoms with Gasteiger partial charge in [0.15, 0.2) is 0 Å². The zero-order chi connectivity index (χ0) is 15.7. The Labute approximate surface area is 150 Å². The van der Waals surface area contributed by atoms with Crippen molar-refractivity contribution in [1.82, 2.24) is 10.6 Å². The Bertz CT molecular complexity index is 605. The quantitative estimate of drug-likeness (QED) is 0.719. The number of hydrogen-bond donors (Lipinski definition) is 3. The van der Waals surface area contributed by atoms with Crippen LogP contribution >= 0.6 is 28.3 Å². The van der Waals surface area contributed by atoms with Crippen LogP contribution in [0.5, 0.6) is 0 Å². The van der Waals surface area contributed by atoms with Gasteiger partial charge >= 0.3 is 0 Å². The van der Waals surface area contributed by atoms with E-state index in [2.05, 4.69) is 26.6 Å². The number of rotatable bonds is 4. The normalized spacial score (nSPS) is 22.7. The number of nitrogens with two attached hydrogens (primary N) is 1. The van der Waals surface area contributed by atoms with Gasteiger partial charge in [-0.2, -0.15) is 0 Å². The molecule has 2 unspecified atom stereocenters. The molecule has 1 aliphatic heterocycles. The van der Waals surface area contributed by atoms with Crippen LogP contribution in [0.3, 0.4) is 0 Å². The Morgan fingerprint density at radius 1 is 1.35 bits per heavy atom. The van der Waals surface area contributed by atoms with Gasteiger partial charge in [0.05, 0.1) is 0 Å². The molecule has 1 saturated heterocycles. The van der Waals surface area contributed by atoms with Crippen molar-refractivity contribution >= 4 is 40.2 Å². The van der Waals surface area contributed by atoms with Gasteiger partial charge < -0.3 is 16.4 Å². The SMILES string of the molecule is Cl.NC(=O)C(NC(=O)C1CC12CCNCC2)c1cccc(Br)c1. The summed E-state index contributed by atoms with van der Waals surface area (Å²) >= 11 is 3.37. The zero-order valence-electron chi connectivity index (χ0n) is 12.7. The lowest BCUT2D eigenvalue weighted by molar-refractivity contribution is -0.128.